The fraction of sp³-hybridized carbons (Fsp3) is 0.206. The maximum atomic E-state index is 13.4. The van der Waals surface area contributed by atoms with Crippen molar-refractivity contribution in [1.29, 1.82) is 0 Å². The Morgan fingerprint density at radius 3 is 2.56 bits per heavy atom. The molecule has 1 saturated heterocycles. The zero-order valence-electron chi connectivity index (χ0n) is 23.6. The van der Waals surface area contributed by atoms with Gasteiger partial charge in [0.2, 0.25) is 11.7 Å². The van der Waals surface area contributed by atoms with E-state index >= 15 is 0 Å². The molecule has 1 aromatic heterocycles. The number of nitrogens with zero attached hydrogens (tertiary/aromatic N) is 3. The zero-order valence-corrected chi connectivity index (χ0v) is 23.6. The molecule has 4 aromatic rings. The number of nitrogens with one attached hydrogen (secondary N) is 1. The summed E-state index contributed by atoms with van der Waals surface area (Å²) >= 11 is 0. The van der Waals surface area contributed by atoms with Gasteiger partial charge in [-0.3, -0.25) is 24.1 Å². The van der Waals surface area contributed by atoms with Crippen molar-refractivity contribution < 1.29 is 23.9 Å². The van der Waals surface area contributed by atoms with Gasteiger partial charge in [0.1, 0.15) is 0 Å². The number of allylic oxidation sites excluding steroid dienone is 1. The topological polar surface area (TPSA) is 109 Å². The molecule has 1 N–H and O–H groups in total. The fourth-order valence-electron chi connectivity index (χ4n) is 6.08. The lowest BCUT2D eigenvalue weighted by molar-refractivity contribution is -0.116. The first kappa shape index (κ1) is 26.7. The first-order chi connectivity index (χ1) is 20.9. The van der Waals surface area contributed by atoms with E-state index in [2.05, 4.69) is 5.32 Å². The molecule has 0 unspecified atom stereocenters. The van der Waals surface area contributed by atoms with Crippen LogP contribution in [0.15, 0.2) is 72.4 Å². The van der Waals surface area contributed by atoms with Crippen molar-refractivity contribution in [3.8, 4) is 11.1 Å². The van der Waals surface area contributed by atoms with Gasteiger partial charge in [0.25, 0.3) is 11.8 Å². The molecule has 1 fully saturated rings. The summed E-state index contributed by atoms with van der Waals surface area (Å²) in [6.45, 7) is 4.07. The van der Waals surface area contributed by atoms with Gasteiger partial charge in [0.05, 0.1) is 35.8 Å². The number of morpholine rings is 1. The number of fused-ring (bicyclic) bond motifs is 3. The lowest BCUT2D eigenvalue weighted by Crippen LogP contribution is -2.40. The van der Waals surface area contributed by atoms with Crippen molar-refractivity contribution in [3.05, 3.63) is 100 Å². The Hall–Kier alpha value is -5.15. The molecule has 4 heterocycles. The number of carbonyl (C=O) groups excluding carboxylic acids is 4. The first-order valence-electron chi connectivity index (χ1n) is 14.3. The molecule has 0 atom stereocenters. The number of anilines is 1. The summed E-state index contributed by atoms with van der Waals surface area (Å²) in [4.78, 5) is 60.0. The third kappa shape index (κ3) is 4.67. The van der Waals surface area contributed by atoms with Crippen LogP contribution in [0.3, 0.4) is 0 Å². The molecule has 3 amide bonds. The van der Waals surface area contributed by atoms with Crippen LogP contribution in [0.25, 0.3) is 28.1 Å². The van der Waals surface area contributed by atoms with E-state index in [-0.39, 0.29) is 29.2 Å². The standard InChI is InChI=1S/C34H28N4O5/c1-20(39)38-30-5-3-2-4-26(30)32(40)31(38)19-24-18-27(21-6-8-25-22(16-21)10-11-35-33(25)41)28-17-23(7-9-29(28)36-24)34(42)37-12-14-43-15-13-37/h2-9,16-19H,10-15H2,1H3,(H,35,41)/b31-19-. The predicted molar refractivity (Wildman–Crippen MR) is 162 cm³/mol. The third-order valence-electron chi connectivity index (χ3n) is 8.18. The van der Waals surface area contributed by atoms with Crippen LogP contribution in [0, 0.1) is 0 Å². The number of hydrogen-bond donors (Lipinski definition) is 1. The summed E-state index contributed by atoms with van der Waals surface area (Å²) in [5.74, 6) is -0.694. The second-order valence-electron chi connectivity index (χ2n) is 10.8. The summed E-state index contributed by atoms with van der Waals surface area (Å²) in [5.41, 5.74) is 6.17. The number of para-hydroxylation sites is 1. The second-order valence-corrected chi connectivity index (χ2v) is 10.8. The second kappa shape index (κ2) is 10.6. The lowest BCUT2D eigenvalue weighted by atomic mass is 9.92. The summed E-state index contributed by atoms with van der Waals surface area (Å²) in [6.07, 6.45) is 2.35. The van der Waals surface area contributed by atoms with Gasteiger partial charge in [-0.1, -0.05) is 24.3 Å². The van der Waals surface area contributed by atoms with E-state index in [1.807, 2.05) is 36.4 Å². The number of Topliss-reactive ketones (excluding diaryl/α,β-unsaturated/α-hetero) is 1. The van der Waals surface area contributed by atoms with Crippen LogP contribution in [0.1, 0.15) is 49.3 Å². The van der Waals surface area contributed by atoms with E-state index in [9.17, 15) is 19.2 Å². The summed E-state index contributed by atoms with van der Waals surface area (Å²) in [5, 5.41) is 3.65. The number of carbonyl (C=O) groups is 4. The minimum atomic E-state index is -0.273. The summed E-state index contributed by atoms with van der Waals surface area (Å²) < 4.78 is 5.42. The van der Waals surface area contributed by atoms with Gasteiger partial charge in [-0.05, 0) is 71.7 Å². The van der Waals surface area contributed by atoms with Gasteiger partial charge in [-0.25, -0.2) is 4.98 Å². The molecule has 0 radical (unpaired) electrons. The molecule has 0 aliphatic carbocycles. The normalized spacial score (nSPS) is 17.2. The molecule has 3 aliphatic rings. The fourth-order valence-corrected chi connectivity index (χ4v) is 6.08. The number of ether oxygens (including phenoxy) is 1. The van der Waals surface area contributed by atoms with Crippen LogP contribution in [-0.4, -0.2) is 66.2 Å². The predicted octanol–water partition coefficient (Wildman–Crippen LogP) is 4.25. The van der Waals surface area contributed by atoms with Crippen LogP contribution in [0.5, 0.6) is 0 Å². The molecular formula is C34H28N4O5. The summed E-state index contributed by atoms with van der Waals surface area (Å²) in [7, 11) is 0. The van der Waals surface area contributed by atoms with E-state index in [4.69, 9.17) is 9.72 Å². The molecule has 0 bridgehead atoms. The molecule has 214 valence electrons. The number of benzene rings is 3. The van der Waals surface area contributed by atoms with Crippen molar-refractivity contribution in [2.75, 3.05) is 37.7 Å². The minimum Gasteiger partial charge on any atom is -0.378 e. The van der Waals surface area contributed by atoms with E-state index in [0.717, 1.165) is 22.1 Å². The van der Waals surface area contributed by atoms with Crippen molar-refractivity contribution in [2.45, 2.75) is 13.3 Å². The Balaban J connectivity index is 1.39. The molecule has 43 heavy (non-hydrogen) atoms. The van der Waals surface area contributed by atoms with E-state index in [0.29, 0.717) is 72.9 Å². The Morgan fingerprint density at radius 2 is 1.74 bits per heavy atom. The molecule has 0 spiro atoms. The van der Waals surface area contributed by atoms with Crippen molar-refractivity contribution in [1.82, 2.24) is 15.2 Å². The highest BCUT2D eigenvalue weighted by Crippen LogP contribution is 2.37. The molecule has 3 aromatic carbocycles. The van der Waals surface area contributed by atoms with Gasteiger partial charge in [-0.15, -0.1) is 0 Å². The lowest BCUT2D eigenvalue weighted by Gasteiger charge is -2.27. The number of hydrogen-bond acceptors (Lipinski definition) is 6. The van der Waals surface area contributed by atoms with Crippen molar-refractivity contribution >= 4 is 46.2 Å². The average molecular weight is 573 g/mol. The van der Waals surface area contributed by atoms with Gasteiger partial charge in [0, 0.05) is 48.6 Å². The van der Waals surface area contributed by atoms with Crippen LogP contribution in [0.2, 0.25) is 0 Å². The monoisotopic (exact) mass is 572 g/mol. The molecule has 9 nitrogen and oxygen atoms in total. The van der Waals surface area contributed by atoms with Crippen LogP contribution < -0.4 is 10.2 Å². The number of aromatic nitrogens is 1. The maximum Gasteiger partial charge on any atom is 0.254 e. The highest BCUT2D eigenvalue weighted by atomic mass is 16.5. The van der Waals surface area contributed by atoms with Crippen molar-refractivity contribution in [2.24, 2.45) is 0 Å². The largest absolute Gasteiger partial charge is 0.378 e. The highest BCUT2D eigenvalue weighted by molar-refractivity contribution is 6.26. The average Bonchev–Trinajstić information content (AvgIpc) is 3.31. The number of rotatable bonds is 3. The SMILES string of the molecule is CC(=O)N1/C(=C\c2cc(-c3ccc4c(c3)CCNC4=O)c3cc(C(=O)N4CCOCC4)ccc3n2)C(=O)c2ccccc21. The van der Waals surface area contributed by atoms with Gasteiger partial charge in [-0.2, -0.15) is 0 Å². The van der Waals surface area contributed by atoms with Crippen LogP contribution in [0.4, 0.5) is 5.69 Å². The van der Waals surface area contributed by atoms with Gasteiger partial charge in [0.15, 0.2) is 0 Å². The Kier molecular flexibility index (Phi) is 6.59. The third-order valence-corrected chi connectivity index (χ3v) is 8.18. The smallest absolute Gasteiger partial charge is 0.254 e. The van der Waals surface area contributed by atoms with E-state index in [1.165, 1.54) is 11.8 Å². The Labute approximate surface area is 247 Å². The zero-order chi connectivity index (χ0) is 29.7. The molecule has 7 rings (SSSR count). The molecule has 9 heteroatoms. The Morgan fingerprint density at radius 1 is 0.930 bits per heavy atom. The maximum absolute atomic E-state index is 13.4. The van der Waals surface area contributed by atoms with Crippen LogP contribution >= 0.6 is 0 Å². The molecule has 0 saturated carbocycles. The number of pyridine rings is 1. The minimum absolute atomic E-state index is 0.0733. The quantitative estimate of drug-likeness (QED) is 0.368. The number of ketones is 1. The van der Waals surface area contributed by atoms with E-state index in [1.54, 1.807) is 41.3 Å². The number of amides is 3. The van der Waals surface area contributed by atoms with Gasteiger partial charge >= 0.3 is 0 Å². The van der Waals surface area contributed by atoms with Gasteiger partial charge < -0.3 is 15.0 Å². The van der Waals surface area contributed by atoms with Crippen LogP contribution in [-0.2, 0) is 16.0 Å². The first-order valence-corrected chi connectivity index (χ1v) is 14.3. The Bertz CT molecular complexity index is 1890. The summed E-state index contributed by atoms with van der Waals surface area (Å²) in [6, 6.07) is 20.1. The molecular weight excluding hydrogens is 544 g/mol. The molecule has 3 aliphatic heterocycles. The van der Waals surface area contributed by atoms with Crippen molar-refractivity contribution in [3.63, 3.8) is 0 Å². The highest BCUT2D eigenvalue weighted by Gasteiger charge is 2.34. The van der Waals surface area contributed by atoms with E-state index < -0.39 is 0 Å².